The highest BCUT2D eigenvalue weighted by Gasteiger charge is 2.14. The second kappa shape index (κ2) is 7.14. The summed E-state index contributed by atoms with van der Waals surface area (Å²) < 4.78 is 10.4. The van der Waals surface area contributed by atoms with Crippen LogP contribution in [0.2, 0.25) is 5.02 Å². The molecule has 6 nitrogen and oxygen atoms in total. The predicted molar refractivity (Wildman–Crippen MR) is 88.9 cm³/mol. The van der Waals surface area contributed by atoms with Crippen LogP contribution >= 0.6 is 11.6 Å². The van der Waals surface area contributed by atoms with Crippen molar-refractivity contribution in [3.63, 3.8) is 0 Å². The van der Waals surface area contributed by atoms with Gasteiger partial charge in [-0.15, -0.1) is 0 Å². The zero-order chi connectivity index (χ0) is 16.9. The molecule has 2 aromatic carbocycles. The molecular formula is C17H14ClN3O3. The van der Waals surface area contributed by atoms with Crippen molar-refractivity contribution in [2.75, 3.05) is 7.11 Å². The largest absolute Gasteiger partial charge is 0.496 e. The van der Waals surface area contributed by atoms with E-state index in [0.717, 1.165) is 0 Å². The van der Waals surface area contributed by atoms with E-state index in [2.05, 4.69) is 15.5 Å². The van der Waals surface area contributed by atoms with Gasteiger partial charge in [-0.2, -0.15) is 4.98 Å². The molecule has 1 aromatic heterocycles. The first-order chi connectivity index (χ1) is 11.7. The van der Waals surface area contributed by atoms with Crippen LogP contribution in [0, 0.1) is 0 Å². The van der Waals surface area contributed by atoms with Gasteiger partial charge in [0.1, 0.15) is 5.75 Å². The van der Waals surface area contributed by atoms with Crippen molar-refractivity contribution in [3.8, 4) is 17.1 Å². The van der Waals surface area contributed by atoms with Gasteiger partial charge in [0.05, 0.1) is 29.8 Å². The Labute approximate surface area is 143 Å². The molecule has 0 atom stereocenters. The minimum absolute atomic E-state index is 0.103. The predicted octanol–water partition coefficient (Wildman–Crippen LogP) is 3.33. The average molecular weight is 344 g/mol. The van der Waals surface area contributed by atoms with Crippen molar-refractivity contribution in [3.05, 3.63) is 65.0 Å². The second-order valence-electron chi connectivity index (χ2n) is 4.87. The zero-order valence-corrected chi connectivity index (χ0v) is 13.6. The Kier molecular flexibility index (Phi) is 4.77. The van der Waals surface area contributed by atoms with Crippen molar-refractivity contribution in [1.29, 1.82) is 0 Å². The van der Waals surface area contributed by atoms with Gasteiger partial charge in [0, 0.05) is 0 Å². The molecule has 0 saturated heterocycles. The number of nitrogens with one attached hydrogen (secondary N) is 1. The van der Waals surface area contributed by atoms with E-state index in [0.29, 0.717) is 27.7 Å². The molecule has 7 heteroatoms. The van der Waals surface area contributed by atoms with Crippen LogP contribution in [0.15, 0.2) is 53.1 Å². The molecule has 24 heavy (non-hydrogen) atoms. The highest BCUT2D eigenvalue weighted by Crippen LogP contribution is 2.27. The summed E-state index contributed by atoms with van der Waals surface area (Å²) in [4.78, 5) is 16.4. The molecule has 0 fully saturated rings. The SMILES string of the molecule is COc1ccccc1-c1noc(CNC(=O)c2ccccc2Cl)n1. The molecule has 3 aromatic rings. The topological polar surface area (TPSA) is 77.3 Å². The van der Waals surface area contributed by atoms with E-state index in [4.69, 9.17) is 20.9 Å². The summed E-state index contributed by atoms with van der Waals surface area (Å²) in [6.45, 7) is 0.103. The third-order valence-electron chi connectivity index (χ3n) is 3.33. The molecule has 0 aliphatic rings. The number of rotatable bonds is 5. The molecule has 1 N–H and O–H groups in total. The summed E-state index contributed by atoms with van der Waals surface area (Å²) in [6, 6.07) is 14.2. The van der Waals surface area contributed by atoms with Gasteiger partial charge >= 0.3 is 0 Å². The fourth-order valence-corrected chi connectivity index (χ4v) is 2.38. The number of aromatic nitrogens is 2. The number of benzene rings is 2. The number of amides is 1. The van der Waals surface area contributed by atoms with Crippen molar-refractivity contribution >= 4 is 17.5 Å². The van der Waals surface area contributed by atoms with E-state index in [-0.39, 0.29) is 18.3 Å². The Morgan fingerprint density at radius 2 is 1.96 bits per heavy atom. The maximum Gasteiger partial charge on any atom is 0.253 e. The lowest BCUT2D eigenvalue weighted by Crippen LogP contribution is -2.23. The minimum atomic E-state index is -0.308. The van der Waals surface area contributed by atoms with Crippen molar-refractivity contribution in [2.24, 2.45) is 0 Å². The van der Waals surface area contributed by atoms with Gasteiger partial charge in [-0.1, -0.05) is 41.0 Å². The lowest BCUT2D eigenvalue weighted by molar-refractivity contribution is 0.0946. The molecule has 3 rings (SSSR count). The molecule has 0 aliphatic carbocycles. The van der Waals surface area contributed by atoms with Crippen LogP contribution in [0.1, 0.15) is 16.2 Å². The first kappa shape index (κ1) is 16.0. The number of methoxy groups -OCH3 is 1. The van der Waals surface area contributed by atoms with Gasteiger partial charge in [0.15, 0.2) is 0 Å². The Bertz CT molecular complexity index is 864. The normalized spacial score (nSPS) is 10.4. The Morgan fingerprint density at radius 1 is 1.21 bits per heavy atom. The zero-order valence-electron chi connectivity index (χ0n) is 12.8. The van der Waals surface area contributed by atoms with E-state index in [9.17, 15) is 4.79 Å². The third-order valence-corrected chi connectivity index (χ3v) is 3.66. The smallest absolute Gasteiger partial charge is 0.253 e. The molecule has 0 radical (unpaired) electrons. The maximum atomic E-state index is 12.1. The Hall–Kier alpha value is -2.86. The summed E-state index contributed by atoms with van der Waals surface area (Å²) in [6.07, 6.45) is 0. The summed E-state index contributed by atoms with van der Waals surface area (Å²) in [7, 11) is 1.57. The van der Waals surface area contributed by atoms with Crippen LogP contribution in [-0.2, 0) is 6.54 Å². The summed E-state index contributed by atoms with van der Waals surface area (Å²) in [5.41, 5.74) is 1.11. The number of nitrogens with zero attached hydrogens (tertiary/aromatic N) is 2. The highest BCUT2D eigenvalue weighted by atomic mass is 35.5. The average Bonchev–Trinajstić information content (AvgIpc) is 3.09. The lowest BCUT2D eigenvalue weighted by Gasteiger charge is -2.04. The number of carbonyl (C=O) groups is 1. The van der Waals surface area contributed by atoms with E-state index in [1.165, 1.54) is 0 Å². The van der Waals surface area contributed by atoms with Crippen molar-refractivity contribution in [1.82, 2.24) is 15.5 Å². The van der Waals surface area contributed by atoms with Gasteiger partial charge in [0.25, 0.3) is 5.91 Å². The summed E-state index contributed by atoms with van der Waals surface area (Å²) in [5, 5.41) is 7.00. The first-order valence-electron chi connectivity index (χ1n) is 7.17. The Morgan fingerprint density at radius 3 is 2.75 bits per heavy atom. The third kappa shape index (κ3) is 3.38. The summed E-state index contributed by atoms with van der Waals surface area (Å²) in [5.74, 6) is 1.02. The standard InChI is InChI=1S/C17H14ClN3O3/c1-23-14-9-5-3-7-12(14)16-20-15(24-21-16)10-19-17(22)11-6-2-4-8-13(11)18/h2-9H,10H2,1H3,(H,19,22). The van der Waals surface area contributed by atoms with E-state index in [1.54, 1.807) is 31.4 Å². The van der Waals surface area contributed by atoms with E-state index < -0.39 is 0 Å². The number of halogens is 1. The van der Waals surface area contributed by atoms with Crippen molar-refractivity contribution < 1.29 is 14.1 Å². The molecule has 0 bridgehead atoms. The highest BCUT2D eigenvalue weighted by molar-refractivity contribution is 6.33. The molecule has 0 aliphatic heterocycles. The molecule has 0 spiro atoms. The molecular weight excluding hydrogens is 330 g/mol. The van der Waals surface area contributed by atoms with Gasteiger partial charge in [0.2, 0.25) is 11.7 Å². The second-order valence-corrected chi connectivity index (χ2v) is 5.28. The van der Waals surface area contributed by atoms with E-state index in [1.807, 2.05) is 24.3 Å². The summed E-state index contributed by atoms with van der Waals surface area (Å²) >= 11 is 5.99. The van der Waals surface area contributed by atoms with Crippen molar-refractivity contribution in [2.45, 2.75) is 6.54 Å². The fraction of sp³-hybridized carbons (Fsp3) is 0.118. The van der Waals surface area contributed by atoms with Gasteiger partial charge in [-0.3, -0.25) is 4.79 Å². The number of para-hydroxylation sites is 1. The van der Waals surface area contributed by atoms with E-state index >= 15 is 0 Å². The maximum absolute atomic E-state index is 12.1. The number of hydrogen-bond donors (Lipinski definition) is 1. The minimum Gasteiger partial charge on any atom is -0.496 e. The lowest BCUT2D eigenvalue weighted by atomic mass is 10.2. The van der Waals surface area contributed by atoms with Crippen LogP contribution < -0.4 is 10.1 Å². The number of hydrogen-bond acceptors (Lipinski definition) is 5. The van der Waals surface area contributed by atoms with Gasteiger partial charge in [-0.25, -0.2) is 0 Å². The van der Waals surface area contributed by atoms with Gasteiger partial charge in [-0.05, 0) is 24.3 Å². The molecule has 122 valence electrons. The van der Waals surface area contributed by atoms with Crippen LogP contribution in [0.25, 0.3) is 11.4 Å². The van der Waals surface area contributed by atoms with Crippen LogP contribution in [0.5, 0.6) is 5.75 Å². The molecule has 0 unspecified atom stereocenters. The fourth-order valence-electron chi connectivity index (χ4n) is 2.16. The quantitative estimate of drug-likeness (QED) is 0.768. The Balaban J connectivity index is 1.71. The van der Waals surface area contributed by atoms with Crippen LogP contribution in [-0.4, -0.2) is 23.2 Å². The van der Waals surface area contributed by atoms with Gasteiger partial charge < -0.3 is 14.6 Å². The number of carbonyl (C=O) groups excluding carboxylic acids is 1. The monoisotopic (exact) mass is 343 g/mol. The van der Waals surface area contributed by atoms with Crippen LogP contribution in [0.3, 0.4) is 0 Å². The number of ether oxygens (including phenoxy) is 1. The van der Waals surface area contributed by atoms with Crippen LogP contribution in [0.4, 0.5) is 0 Å². The molecule has 0 saturated carbocycles. The molecule has 1 heterocycles. The molecule has 1 amide bonds. The first-order valence-corrected chi connectivity index (χ1v) is 7.55.